The smallest absolute Gasteiger partial charge is 0.279 e. The molecule has 1 N–H and O–H groups in total. The summed E-state index contributed by atoms with van der Waals surface area (Å²) in [4.78, 5) is 16.2. The van der Waals surface area contributed by atoms with Crippen molar-refractivity contribution >= 4 is 23.3 Å². The molecule has 0 bridgehead atoms. The van der Waals surface area contributed by atoms with E-state index in [4.69, 9.17) is 20.5 Å². The summed E-state index contributed by atoms with van der Waals surface area (Å²) in [5.41, 5.74) is 0.819. The van der Waals surface area contributed by atoms with E-state index in [0.29, 0.717) is 27.9 Å². The van der Waals surface area contributed by atoms with Crippen LogP contribution in [0.5, 0.6) is 0 Å². The van der Waals surface area contributed by atoms with Gasteiger partial charge in [0, 0.05) is 16.7 Å². The van der Waals surface area contributed by atoms with Crippen LogP contribution >= 0.6 is 11.6 Å². The zero-order valence-electron chi connectivity index (χ0n) is 11.0. The molecule has 6 nitrogen and oxygen atoms in total. The minimum absolute atomic E-state index is 0.151. The van der Waals surface area contributed by atoms with E-state index in [9.17, 15) is 4.79 Å². The van der Waals surface area contributed by atoms with Gasteiger partial charge in [-0.25, -0.2) is 4.98 Å². The van der Waals surface area contributed by atoms with Gasteiger partial charge in [-0.3, -0.25) is 4.79 Å². The van der Waals surface area contributed by atoms with Crippen LogP contribution in [0, 0.1) is 6.92 Å². The second kappa shape index (κ2) is 5.41. The summed E-state index contributed by atoms with van der Waals surface area (Å²) in [6.45, 7) is 1.73. The van der Waals surface area contributed by atoms with Crippen LogP contribution in [-0.4, -0.2) is 16.0 Å². The number of anilines is 1. The van der Waals surface area contributed by atoms with Crippen molar-refractivity contribution in [2.24, 2.45) is 0 Å². The molecule has 0 aliphatic heterocycles. The molecule has 0 atom stereocenters. The van der Waals surface area contributed by atoms with Gasteiger partial charge in [-0.2, -0.15) is 0 Å². The molecule has 0 spiro atoms. The predicted molar refractivity (Wildman–Crippen MR) is 76.1 cm³/mol. The molecular formula is C14H10ClN3O3. The number of rotatable bonds is 3. The molecule has 2 heterocycles. The average Bonchev–Trinajstić information content (AvgIpc) is 3.07. The number of aryl methyl sites for hydroxylation is 1. The summed E-state index contributed by atoms with van der Waals surface area (Å²) in [7, 11) is 0. The number of hydrogen-bond acceptors (Lipinski definition) is 5. The van der Waals surface area contributed by atoms with E-state index in [1.54, 1.807) is 37.3 Å². The molecule has 1 amide bonds. The SMILES string of the molecule is Cc1cc(NC(=O)c2ncoc2-c2cccc(Cl)c2)no1. The zero-order valence-corrected chi connectivity index (χ0v) is 11.7. The van der Waals surface area contributed by atoms with Crippen LogP contribution in [0.25, 0.3) is 11.3 Å². The fraction of sp³-hybridized carbons (Fsp3) is 0.0714. The summed E-state index contributed by atoms with van der Waals surface area (Å²) >= 11 is 5.94. The first-order valence-electron chi connectivity index (χ1n) is 6.07. The highest BCUT2D eigenvalue weighted by atomic mass is 35.5. The Bertz CT molecular complexity index is 794. The number of aromatic nitrogens is 2. The highest BCUT2D eigenvalue weighted by molar-refractivity contribution is 6.30. The Kier molecular flexibility index (Phi) is 3.45. The van der Waals surface area contributed by atoms with Crippen LogP contribution in [0.3, 0.4) is 0 Å². The van der Waals surface area contributed by atoms with Crippen molar-refractivity contribution in [2.75, 3.05) is 5.32 Å². The third-order valence-electron chi connectivity index (χ3n) is 2.74. The molecule has 0 unspecified atom stereocenters. The predicted octanol–water partition coefficient (Wildman–Crippen LogP) is 3.54. The van der Waals surface area contributed by atoms with Gasteiger partial charge in [0.15, 0.2) is 23.7 Å². The number of amides is 1. The highest BCUT2D eigenvalue weighted by Crippen LogP contribution is 2.26. The summed E-state index contributed by atoms with van der Waals surface area (Å²) in [6, 6.07) is 8.59. The molecule has 21 heavy (non-hydrogen) atoms. The topological polar surface area (TPSA) is 81.2 Å². The first-order chi connectivity index (χ1) is 10.1. The van der Waals surface area contributed by atoms with Crippen molar-refractivity contribution in [1.82, 2.24) is 10.1 Å². The van der Waals surface area contributed by atoms with Crippen molar-refractivity contribution in [3.63, 3.8) is 0 Å². The van der Waals surface area contributed by atoms with Crippen LogP contribution in [0.2, 0.25) is 5.02 Å². The minimum atomic E-state index is -0.438. The Balaban J connectivity index is 1.90. The van der Waals surface area contributed by atoms with E-state index < -0.39 is 5.91 Å². The average molecular weight is 304 g/mol. The van der Waals surface area contributed by atoms with E-state index >= 15 is 0 Å². The number of nitrogens with one attached hydrogen (secondary N) is 1. The van der Waals surface area contributed by atoms with Gasteiger partial charge >= 0.3 is 0 Å². The maximum Gasteiger partial charge on any atom is 0.279 e. The van der Waals surface area contributed by atoms with Crippen molar-refractivity contribution in [3.8, 4) is 11.3 Å². The molecular weight excluding hydrogens is 294 g/mol. The van der Waals surface area contributed by atoms with Gasteiger partial charge in [-0.15, -0.1) is 0 Å². The first-order valence-corrected chi connectivity index (χ1v) is 6.45. The van der Waals surface area contributed by atoms with Crippen LogP contribution in [0.15, 0.2) is 45.7 Å². The Hall–Kier alpha value is -2.60. The fourth-order valence-electron chi connectivity index (χ4n) is 1.84. The van der Waals surface area contributed by atoms with E-state index in [0.717, 1.165) is 0 Å². The maximum absolute atomic E-state index is 12.2. The molecule has 0 fully saturated rings. The van der Waals surface area contributed by atoms with Crippen LogP contribution in [0.4, 0.5) is 5.82 Å². The van der Waals surface area contributed by atoms with Gasteiger partial charge in [0.1, 0.15) is 5.76 Å². The second-order valence-electron chi connectivity index (χ2n) is 4.32. The molecule has 0 saturated carbocycles. The molecule has 0 aliphatic rings. The standard InChI is InChI=1S/C14H10ClN3O3/c1-8-5-11(18-21-8)17-14(19)12-13(20-7-16-12)9-3-2-4-10(15)6-9/h2-7H,1H3,(H,17,18,19). The van der Waals surface area contributed by atoms with Crippen LogP contribution < -0.4 is 5.32 Å². The monoisotopic (exact) mass is 303 g/mol. The Morgan fingerprint density at radius 3 is 2.90 bits per heavy atom. The van der Waals surface area contributed by atoms with Gasteiger partial charge in [0.25, 0.3) is 5.91 Å². The molecule has 7 heteroatoms. The van der Waals surface area contributed by atoms with E-state index in [2.05, 4.69) is 15.5 Å². The van der Waals surface area contributed by atoms with Gasteiger partial charge in [-0.05, 0) is 19.1 Å². The maximum atomic E-state index is 12.2. The number of halogens is 1. The van der Waals surface area contributed by atoms with E-state index in [1.165, 1.54) is 6.39 Å². The third-order valence-corrected chi connectivity index (χ3v) is 2.97. The Morgan fingerprint density at radius 2 is 2.19 bits per heavy atom. The largest absolute Gasteiger partial charge is 0.443 e. The summed E-state index contributed by atoms with van der Waals surface area (Å²) in [5.74, 6) is 0.820. The summed E-state index contributed by atoms with van der Waals surface area (Å²) < 4.78 is 10.2. The summed E-state index contributed by atoms with van der Waals surface area (Å²) in [5, 5.41) is 6.83. The second-order valence-corrected chi connectivity index (χ2v) is 4.75. The molecule has 0 radical (unpaired) electrons. The Morgan fingerprint density at radius 1 is 1.33 bits per heavy atom. The van der Waals surface area contributed by atoms with Crippen molar-refractivity contribution in [3.05, 3.63) is 53.2 Å². The molecule has 3 rings (SSSR count). The number of benzene rings is 1. The fourth-order valence-corrected chi connectivity index (χ4v) is 2.03. The van der Waals surface area contributed by atoms with Crippen molar-refractivity contribution in [2.45, 2.75) is 6.92 Å². The number of nitrogens with zero attached hydrogens (tertiary/aromatic N) is 2. The molecule has 106 valence electrons. The van der Waals surface area contributed by atoms with E-state index in [-0.39, 0.29) is 5.69 Å². The molecule has 2 aromatic heterocycles. The lowest BCUT2D eigenvalue weighted by Gasteiger charge is -2.01. The summed E-state index contributed by atoms with van der Waals surface area (Å²) in [6.07, 6.45) is 1.21. The molecule has 0 aliphatic carbocycles. The minimum Gasteiger partial charge on any atom is -0.443 e. The van der Waals surface area contributed by atoms with Crippen molar-refractivity contribution < 1.29 is 13.7 Å². The molecule has 0 saturated heterocycles. The lowest BCUT2D eigenvalue weighted by atomic mass is 10.1. The first kappa shape index (κ1) is 13.4. The normalized spacial score (nSPS) is 10.6. The number of carbonyl (C=O) groups excluding carboxylic acids is 1. The number of oxazole rings is 1. The molecule has 1 aromatic carbocycles. The third kappa shape index (κ3) is 2.80. The zero-order chi connectivity index (χ0) is 14.8. The quantitative estimate of drug-likeness (QED) is 0.800. The van der Waals surface area contributed by atoms with Crippen LogP contribution in [0.1, 0.15) is 16.2 Å². The van der Waals surface area contributed by atoms with E-state index in [1.807, 2.05) is 0 Å². The number of hydrogen-bond donors (Lipinski definition) is 1. The van der Waals surface area contributed by atoms with Gasteiger partial charge in [-0.1, -0.05) is 28.9 Å². The van der Waals surface area contributed by atoms with Gasteiger partial charge in [0.2, 0.25) is 0 Å². The lowest BCUT2D eigenvalue weighted by Crippen LogP contribution is -2.13. The lowest BCUT2D eigenvalue weighted by molar-refractivity contribution is 0.102. The van der Waals surface area contributed by atoms with Crippen molar-refractivity contribution in [1.29, 1.82) is 0 Å². The highest BCUT2D eigenvalue weighted by Gasteiger charge is 2.19. The molecule has 3 aromatic rings. The van der Waals surface area contributed by atoms with Gasteiger partial charge in [0.05, 0.1) is 0 Å². The van der Waals surface area contributed by atoms with Gasteiger partial charge < -0.3 is 14.3 Å². The Labute approximate surface area is 124 Å². The van der Waals surface area contributed by atoms with Crippen LogP contribution in [-0.2, 0) is 0 Å². The number of carbonyl (C=O) groups is 1.